The van der Waals surface area contributed by atoms with E-state index in [1.807, 2.05) is 41.5 Å². The molecule has 0 bridgehead atoms. The molecule has 1 N–H and O–H groups in total. The topological polar surface area (TPSA) is 55.4 Å². The lowest BCUT2D eigenvalue weighted by Crippen LogP contribution is -2.44. The second-order valence-corrected chi connectivity index (χ2v) is 7.96. The lowest BCUT2D eigenvalue weighted by molar-refractivity contribution is -0.123. The first-order valence-corrected chi connectivity index (χ1v) is 9.38. The minimum atomic E-state index is -0.441. The van der Waals surface area contributed by atoms with Gasteiger partial charge >= 0.3 is 0 Å². The van der Waals surface area contributed by atoms with Crippen molar-refractivity contribution in [3.63, 3.8) is 0 Å². The van der Waals surface area contributed by atoms with Gasteiger partial charge in [0.2, 0.25) is 5.91 Å². The summed E-state index contributed by atoms with van der Waals surface area (Å²) in [6.07, 6.45) is 3.73. The SMILES string of the molecule is CC.CC(=O)CC(C)(C)OCCC(C)(C)NC(=O)CCCC(C)C. The lowest BCUT2D eigenvalue weighted by atomic mass is 9.99. The average Bonchev–Trinajstić information content (AvgIpc) is 2.37. The third kappa shape index (κ3) is 16.0. The number of Topliss-reactive ketones (excluding diaryl/α,β-unsaturated/α-hetero) is 1. The van der Waals surface area contributed by atoms with Crippen molar-refractivity contribution in [1.82, 2.24) is 5.32 Å². The highest BCUT2D eigenvalue weighted by Crippen LogP contribution is 2.18. The molecule has 0 saturated carbocycles. The molecular formula is C20H41NO3. The van der Waals surface area contributed by atoms with Crippen LogP contribution in [0.1, 0.15) is 94.4 Å². The second-order valence-electron chi connectivity index (χ2n) is 7.96. The fourth-order valence-electron chi connectivity index (χ4n) is 2.41. The predicted molar refractivity (Wildman–Crippen MR) is 102 cm³/mol. The summed E-state index contributed by atoms with van der Waals surface area (Å²) in [6, 6.07) is 0. The smallest absolute Gasteiger partial charge is 0.220 e. The molecule has 144 valence electrons. The first-order valence-electron chi connectivity index (χ1n) is 9.38. The molecule has 0 aliphatic carbocycles. The summed E-state index contributed by atoms with van der Waals surface area (Å²) in [5.74, 6) is 0.870. The molecule has 0 rings (SSSR count). The molecule has 0 heterocycles. The minimum absolute atomic E-state index is 0.105. The zero-order valence-electron chi connectivity index (χ0n) is 17.5. The Hall–Kier alpha value is -0.900. The normalized spacial score (nSPS) is 11.8. The van der Waals surface area contributed by atoms with E-state index in [1.54, 1.807) is 6.92 Å². The maximum Gasteiger partial charge on any atom is 0.220 e. The van der Waals surface area contributed by atoms with Gasteiger partial charge in [-0.3, -0.25) is 9.59 Å². The summed E-state index contributed by atoms with van der Waals surface area (Å²) in [7, 11) is 0. The standard InChI is InChI=1S/C18H35NO3.C2H6/c1-14(2)9-8-10-16(21)19-17(4,5)11-12-22-18(6,7)13-15(3)20;1-2/h14H,8-13H2,1-7H3,(H,19,21);1-2H3. The Labute approximate surface area is 150 Å². The van der Waals surface area contributed by atoms with Gasteiger partial charge in [-0.15, -0.1) is 0 Å². The number of ketones is 1. The number of amides is 1. The van der Waals surface area contributed by atoms with Gasteiger partial charge in [-0.25, -0.2) is 0 Å². The summed E-state index contributed by atoms with van der Waals surface area (Å²) in [6.45, 7) is 18.3. The van der Waals surface area contributed by atoms with E-state index in [1.165, 1.54) is 0 Å². The van der Waals surface area contributed by atoms with Crippen LogP contribution in [0.5, 0.6) is 0 Å². The van der Waals surface area contributed by atoms with Crippen LogP contribution in [0.15, 0.2) is 0 Å². The summed E-state index contributed by atoms with van der Waals surface area (Å²) in [4.78, 5) is 23.1. The van der Waals surface area contributed by atoms with Crippen LogP contribution >= 0.6 is 0 Å². The van der Waals surface area contributed by atoms with Gasteiger partial charge in [0.1, 0.15) is 5.78 Å². The van der Waals surface area contributed by atoms with Crippen LogP contribution in [0.4, 0.5) is 0 Å². The van der Waals surface area contributed by atoms with Crippen molar-refractivity contribution in [3.05, 3.63) is 0 Å². The molecule has 0 aliphatic heterocycles. The molecule has 4 heteroatoms. The Balaban J connectivity index is 0. The van der Waals surface area contributed by atoms with Gasteiger partial charge in [0.15, 0.2) is 0 Å². The van der Waals surface area contributed by atoms with Crippen molar-refractivity contribution in [1.29, 1.82) is 0 Å². The number of ether oxygens (including phenoxy) is 1. The van der Waals surface area contributed by atoms with Crippen LogP contribution in [0.2, 0.25) is 0 Å². The van der Waals surface area contributed by atoms with Gasteiger partial charge in [-0.05, 0) is 53.4 Å². The van der Waals surface area contributed by atoms with E-state index in [0.29, 0.717) is 25.4 Å². The molecule has 1 amide bonds. The van der Waals surface area contributed by atoms with E-state index >= 15 is 0 Å². The summed E-state index contributed by atoms with van der Waals surface area (Å²) in [5, 5.41) is 3.07. The van der Waals surface area contributed by atoms with Gasteiger partial charge in [-0.2, -0.15) is 0 Å². The Bertz CT molecular complexity index is 360. The minimum Gasteiger partial charge on any atom is -0.375 e. The molecule has 24 heavy (non-hydrogen) atoms. The first-order chi connectivity index (χ1) is 10.9. The van der Waals surface area contributed by atoms with Crippen LogP contribution < -0.4 is 5.32 Å². The molecular weight excluding hydrogens is 302 g/mol. The number of hydrogen-bond acceptors (Lipinski definition) is 3. The van der Waals surface area contributed by atoms with Crippen LogP contribution in [0.25, 0.3) is 0 Å². The molecule has 0 atom stereocenters. The van der Waals surface area contributed by atoms with Crippen molar-refractivity contribution < 1.29 is 14.3 Å². The van der Waals surface area contributed by atoms with Crippen LogP contribution in [-0.4, -0.2) is 29.4 Å². The van der Waals surface area contributed by atoms with E-state index in [2.05, 4.69) is 19.2 Å². The zero-order chi connectivity index (χ0) is 19.4. The van der Waals surface area contributed by atoms with Gasteiger partial charge in [-0.1, -0.05) is 34.1 Å². The number of hydrogen-bond donors (Lipinski definition) is 1. The highest BCUT2D eigenvalue weighted by atomic mass is 16.5. The number of carbonyl (C=O) groups excluding carboxylic acids is 2. The first kappa shape index (κ1) is 25.3. The van der Waals surface area contributed by atoms with Gasteiger partial charge in [0.25, 0.3) is 0 Å². The third-order valence-corrected chi connectivity index (χ3v) is 3.56. The average molecular weight is 344 g/mol. The van der Waals surface area contributed by atoms with Crippen molar-refractivity contribution in [2.45, 2.75) is 106 Å². The van der Waals surface area contributed by atoms with Crippen LogP contribution in [-0.2, 0) is 14.3 Å². The van der Waals surface area contributed by atoms with Crippen molar-refractivity contribution in [2.24, 2.45) is 5.92 Å². The summed E-state index contributed by atoms with van der Waals surface area (Å²) in [5.41, 5.74) is -0.732. The quantitative estimate of drug-likeness (QED) is 0.580. The molecule has 0 saturated heterocycles. The Morgan fingerprint density at radius 2 is 1.62 bits per heavy atom. The van der Waals surface area contributed by atoms with E-state index in [-0.39, 0.29) is 17.2 Å². The molecule has 0 aromatic rings. The second kappa shape index (κ2) is 12.5. The monoisotopic (exact) mass is 343 g/mol. The Morgan fingerprint density at radius 1 is 1.08 bits per heavy atom. The van der Waals surface area contributed by atoms with Crippen molar-refractivity contribution in [3.8, 4) is 0 Å². The fraction of sp³-hybridized carbons (Fsp3) is 0.900. The maximum atomic E-state index is 11.9. The van der Waals surface area contributed by atoms with Crippen molar-refractivity contribution in [2.75, 3.05) is 6.61 Å². The Morgan fingerprint density at radius 3 is 2.08 bits per heavy atom. The molecule has 0 fully saturated rings. The Kier molecular flexibility index (Phi) is 13.2. The predicted octanol–water partition coefficient (Wildman–Crippen LogP) is 4.90. The summed E-state index contributed by atoms with van der Waals surface area (Å²) >= 11 is 0. The van der Waals surface area contributed by atoms with Crippen LogP contribution in [0, 0.1) is 5.92 Å². The molecule has 0 spiro atoms. The van der Waals surface area contributed by atoms with E-state index < -0.39 is 5.60 Å². The molecule has 0 aromatic carbocycles. The molecule has 0 unspecified atom stereocenters. The fourth-order valence-corrected chi connectivity index (χ4v) is 2.41. The highest BCUT2D eigenvalue weighted by Gasteiger charge is 2.24. The molecule has 4 nitrogen and oxygen atoms in total. The van der Waals surface area contributed by atoms with Gasteiger partial charge < -0.3 is 10.1 Å². The number of rotatable bonds is 11. The lowest BCUT2D eigenvalue weighted by Gasteiger charge is -2.30. The molecule has 0 aromatic heterocycles. The van der Waals surface area contributed by atoms with Gasteiger partial charge in [0, 0.05) is 25.0 Å². The van der Waals surface area contributed by atoms with E-state index in [4.69, 9.17) is 4.74 Å². The highest BCUT2D eigenvalue weighted by molar-refractivity contribution is 5.76. The third-order valence-electron chi connectivity index (χ3n) is 3.56. The van der Waals surface area contributed by atoms with E-state index in [0.717, 1.165) is 19.3 Å². The van der Waals surface area contributed by atoms with E-state index in [9.17, 15) is 9.59 Å². The van der Waals surface area contributed by atoms with Crippen molar-refractivity contribution >= 4 is 11.7 Å². The summed E-state index contributed by atoms with van der Waals surface area (Å²) < 4.78 is 5.80. The molecule has 0 radical (unpaired) electrons. The van der Waals surface area contributed by atoms with Crippen LogP contribution in [0.3, 0.4) is 0 Å². The van der Waals surface area contributed by atoms with Gasteiger partial charge in [0.05, 0.1) is 5.60 Å². The number of carbonyl (C=O) groups is 2. The molecule has 0 aliphatic rings. The maximum absolute atomic E-state index is 11.9. The zero-order valence-corrected chi connectivity index (χ0v) is 17.5. The largest absolute Gasteiger partial charge is 0.375 e. The number of nitrogens with one attached hydrogen (secondary N) is 1.